The molecule has 2 rings (SSSR count). The molecule has 0 radical (unpaired) electrons. The van der Waals surface area contributed by atoms with Crippen LogP contribution in [-0.4, -0.2) is 9.91 Å². The molecular weight excluding hydrogens is 263 g/mol. The molecule has 2 aromatic rings. The van der Waals surface area contributed by atoms with Crippen LogP contribution in [0.2, 0.25) is 5.02 Å². The third-order valence-corrected chi connectivity index (χ3v) is 2.43. The molecule has 0 amide bonds. The molecule has 0 unspecified atom stereocenters. The maximum absolute atomic E-state index is 10.6. The van der Waals surface area contributed by atoms with Gasteiger partial charge in [0.05, 0.1) is 15.6 Å². The van der Waals surface area contributed by atoms with Gasteiger partial charge in [-0.2, -0.15) is 0 Å². The van der Waals surface area contributed by atoms with Crippen molar-refractivity contribution in [2.75, 3.05) is 0 Å². The van der Waals surface area contributed by atoms with Gasteiger partial charge in [-0.15, -0.1) is 12.4 Å². The van der Waals surface area contributed by atoms with Crippen molar-refractivity contribution in [2.24, 2.45) is 0 Å². The largest absolute Gasteiger partial charge is 0.270 e. The summed E-state index contributed by atoms with van der Waals surface area (Å²) in [6.07, 6.45) is 1.62. The number of nitro groups is 1. The van der Waals surface area contributed by atoms with Crippen molar-refractivity contribution >= 4 is 29.7 Å². The summed E-state index contributed by atoms with van der Waals surface area (Å²) in [6.45, 7) is 0. The number of non-ortho nitro benzene ring substituents is 1. The van der Waals surface area contributed by atoms with Crippen LogP contribution in [0.1, 0.15) is 0 Å². The molecule has 1 heterocycles. The Morgan fingerprint density at radius 2 is 2.00 bits per heavy atom. The minimum absolute atomic E-state index is 0. The molecule has 0 aliphatic rings. The fraction of sp³-hybridized carbons (Fsp3) is 0. The molecule has 6 heteroatoms. The van der Waals surface area contributed by atoms with E-state index in [2.05, 4.69) is 4.98 Å². The maximum atomic E-state index is 10.6. The molecule has 4 nitrogen and oxygen atoms in total. The van der Waals surface area contributed by atoms with Gasteiger partial charge in [0.15, 0.2) is 0 Å². The van der Waals surface area contributed by atoms with Crippen molar-refractivity contribution < 1.29 is 4.92 Å². The lowest BCUT2D eigenvalue weighted by molar-refractivity contribution is -0.384. The third kappa shape index (κ3) is 2.93. The molecule has 0 saturated heterocycles. The van der Waals surface area contributed by atoms with Crippen LogP contribution in [0.5, 0.6) is 0 Å². The molecular formula is C11H8Cl2N2O2. The van der Waals surface area contributed by atoms with Crippen LogP contribution in [-0.2, 0) is 0 Å². The predicted molar refractivity (Wildman–Crippen MR) is 68.6 cm³/mol. The highest BCUT2D eigenvalue weighted by molar-refractivity contribution is 6.33. The smallest absolute Gasteiger partial charge is 0.258 e. The summed E-state index contributed by atoms with van der Waals surface area (Å²) in [5.41, 5.74) is 1.19. The van der Waals surface area contributed by atoms with Gasteiger partial charge in [-0.1, -0.05) is 17.7 Å². The zero-order chi connectivity index (χ0) is 11.5. The van der Waals surface area contributed by atoms with Crippen molar-refractivity contribution in [2.45, 2.75) is 0 Å². The zero-order valence-electron chi connectivity index (χ0n) is 8.54. The van der Waals surface area contributed by atoms with Crippen LogP contribution in [0.15, 0.2) is 42.6 Å². The number of nitrogens with zero attached hydrogens (tertiary/aromatic N) is 2. The summed E-state index contributed by atoms with van der Waals surface area (Å²) in [4.78, 5) is 14.3. The van der Waals surface area contributed by atoms with E-state index >= 15 is 0 Å². The monoisotopic (exact) mass is 270 g/mol. The lowest BCUT2D eigenvalue weighted by atomic mass is 10.1. The van der Waals surface area contributed by atoms with Crippen molar-refractivity contribution in [3.05, 3.63) is 57.7 Å². The van der Waals surface area contributed by atoms with E-state index in [1.807, 2.05) is 0 Å². The van der Waals surface area contributed by atoms with Gasteiger partial charge in [0.25, 0.3) is 5.69 Å². The number of hydrogen-bond acceptors (Lipinski definition) is 3. The zero-order valence-corrected chi connectivity index (χ0v) is 10.1. The topological polar surface area (TPSA) is 56.0 Å². The van der Waals surface area contributed by atoms with E-state index in [0.29, 0.717) is 16.3 Å². The molecule has 0 aliphatic heterocycles. The Kier molecular flexibility index (Phi) is 4.43. The summed E-state index contributed by atoms with van der Waals surface area (Å²) in [5.74, 6) is 0. The van der Waals surface area contributed by atoms with Gasteiger partial charge in [-0.05, 0) is 18.2 Å². The highest BCUT2D eigenvalue weighted by Crippen LogP contribution is 2.29. The molecule has 88 valence electrons. The second-order valence-electron chi connectivity index (χ2n) is 3.14. The number of benzene rings is 1. The molecule has 0 fully saturated rings. The summed E-state index contributed by atoms with van der Waals surface area (Å²) in [7, 11) is 0. The Morgan fingerprint density at radius 1 is 1.24 bits per heavy atom. The first-order valence-electron chi connectivity index (χ1n) is 4.54. The predicted octanol–water partition coefficient (Wildman–Crippen LogP) is 3.73. The molecule has 0 saturated carbocycles. The highest BCUT2D eigenvalue weighted by atomic mass is 35.5. The lowest BCUT2D eigenvalue weighted by Crippen LogP contribution is -1.90. The van der Waals surface area contributed by atoms with Crippen LogP contribution in [0.25, 0.3) is 11.3 Å². The molecule has 0 N–H and O–H groups in total. The lowest BCUT2D eigenvalue weighted by Gasteiger charge is -2.02. The van der Waals surface area contributed by atoms with E-state index in [4.69, 9.17) is 11.6 Å². The van der Waals surface area contributed by atoms with Gasteiger partial charge < -0.3 is 0 Å². The maximum Gasteiger partial charge on any atom is 0.270 e. The van der Waals surface area contributed by atoms with Gasteiger partial charge >= 0.3 is 0 Å². The fourth-order valence-corrected chi connectivity index (χ4v) is 1.56. The van der Waals surface area contributed by atoms with Gasteiger partial charge in [0, 0.05) is 23.9 Å². The second kappa shape index (κ2) is 5.61. The van der Waals surface area contributed by atoms with E-state index in [1.54, 1.807) is 24.4 Å². The number of aromatic nitrogens is 1. The van der Waals surface area contributed by atoms with E-state index in [-0.39, 0.29) is 18.1 Å². The Hall–Kier alpha value is -1.65. The first-order valence-corrected chi connectivity index (χ1v) is 4.91. The molecule has 0 atom stereocenters. The third-order valence-electron chi connectivity index (χ3n) is 2.10. The van der Waals surface area contributed by atoms with Crippen molar-refractivity contribution in [3.8, 4) is 11.3 Å². The molecule has 17 heavy (non-hydrogen) atoms. The van der Waals surface area contributed by atoms with Gasteiger partial charge in [-0.3, -0.25) is 15.1 Å². The highest BCUT2D eigenvalue weighted by Gasteiger charge is 2.11. The number of halogens is 2. The average molecular weight is 271 g/mol. The van der Waals surface area contributed by atoms with Gasteiger partial charge in [-0.25, -0.2) is 0 Å². The molecule has 1 aromatic heterocycles. The first kappa shape index (κ1) is 13.4. The fourth-order valence-electron chi connectivity index (χ4n) is 1.35. The van der Waals surface area contributed by atoms with Crippen molar-refractivity contribution in [1.29, 1.82) is 0 Å². The number of pyridine rings is 1. The number of nitro benzene ring substituents is 1. The van der Waals surface area contributed by atoms with Crippen molar-refractivity contribution in [3.63, 3.8) is 0 Å². The Balaban J connectivity index is 0.00000144. The molecule has 1 aromatic carbocycles. The molecule has 0 bridgehead atoms. The Morgan fingerprint density at radius 3 is 2.59 bits per heavy atom. The van der Waals surface area contributed by atoms with Gasteiger partial charge in [0.1, 0.15) is 0 Å². The molecule has 0 aliphatic carbocycles. The van der Waals surface area contributed by atoms with Crippen LogP contribution in [0.4, 0.5) is 5.69 Å². The van der Waals surface area contributed by atoms with Crippen molar-refractivity contribution in [1.82, 2.24) is 4.98 Å². The minimum Gasteiger partial charge on any atom is -0.258 e. The van der Waals surface area contributed by atoms with E-state index in [1.165, 1.54) is 18.2 Å². The number of hydrogen-bond donors (Lipinski definition) is 0. The summed E-state index contributed by atoms with van der Waals surface area (Å²) in [5, 5.41) is 11.1. The van der Waals surface area contributed by atoms with Crippen LogP contribution >= 0.6 is 24.0 Å². The average Bonchev–Trinajstić information content (AvgIpc) is 2.30. The SMILES string of the molecule is Cl.O=[N+]([O-])c1ccc(Cl)c(-c2ccccn2)c1. The van der Waals surface area contributed by atoms with Gasteiger partial charge in [0.2, 0.25) is 0 Å². The Labute approximate surface area is 109 Å². The Bertz CT molecular complexity index is 532. The number of rotatable bonds is 2. The summed E-state index contributed by atoms with van der Waals surface area (Å²) in [6, 6.07) is 9.63. The van der Waals surface area contributed by atoms with E-state index in [0.717, 1.165) is 0 Å². The van der Waals surface area contributed by atoms with Crippen LogP contribution in [0.3, 0.4) is 0 Å². The summed E-state index contributed by atoms with van der Waals surface area (Å²) < 4.78 is 0. The quantitative estimate of drug-likeness (QED) is 0.617. The standard InChI is InChI=1S/C11H7ClN2O2.ClH/c12-10-5-4-8(14(15)16)7-9(10)11-3-1-2-6-13-11;/h1-7H;1H. The first-order chi connectivity index (χ1) is 7.68. The van der Waals surface area contributed by atoms with Crippen LogP contribution < -0.4 is 0 Å². The van der Waals surface area contributed by atoms with E-state index in [9.17, 15) is 10.1 Å². The summed E-state index contributed by atoms with van der Waals surface area (Å²) >= 11 is 5.97. The molecule has 0 spiro atoms. The van der Waals surface area contributed by atoms with Crippen LogP contribution in [0, 0.1) is 10.1 Å². The second-order valence-corrected chi connectivity index (χ2v) is 3.54. The minimum atomic E-state index is -0.456. The normalized spacial score (nSPS) is 9.47. The van der Waals surface area contributed by atoms with E-state index < -0.39 is 4.92 Å².